The van der Waals surface area contributed by atoms with E-state index in [1.54, 1.807) is 11.9 Å². The van der Waals surface area contributed by atoms with E-state index in [0.29, 0.717) is 26.1 Å². The standard InChI is InChI=1S/C13H26N2O4/c1-11(2)19-9-5-7-14-12(16)10-15(3)8-6-13(17)18-4/h11H,5-10H2,1-4H3,(H,14,16). The van der Waals surface area contributed by atoms with Gasteiger partial charge in [0.1, 0.15) is 0 Å². The van der Waals surface area contributed by atoms with Crippen molar-refractivity contribution in [2.24, 2.45) is 0 Å². The van der Waals surface area contributed by atoms with Gasteiger partial charge in [-0.15, -0.1) is 0 Å². The lowest BCUT2D eigenvalue weighted by molar-refractivity contribution is -0.141. The number of ether oxygens (including phenoxy) is 2. The molecule has 0 saturated heterocycles. The lowest BCUT2D eigenvalue weighted by Gasteiger charge is -2.15. The Kier molecular flexibility index (Phi) is 10.1. The summed E-state index contributed by atoms with van der Waals surface area (Å²) in [6.45, 7) is 6.01. The average Bonchev–Trinajstić information content (AvgIpc) is 2.35. The fourth-order valence-corrected chi connectivity index (χ4v) is 1.38. The summed E-state index contributed by atoms with van der Waals surface area (Å²) >= 11 is 0. The van der Waals surface area contributed by atoms with E-state index in [4.69, 9.17) is 4.74 Å². The van der Waals surface area contributed by atoms with Crippen LogP contribution in [0.3, 0.4) is 0 Å². The number of hydrogen-bond donors (Lipinski definition) is 1. The number of esters is 1. The molecule has 0 aromatic carbocycles. The van der Waals surface area contributed by atoms with E-state index in [9.17, 15) is 9.59 Å². The summed E-state index contributed by atoms with van der Waals surface area (Å²) in [4.78, 5) is 24.3. The zero-order valence-electron chi connectivity index (χ0n) is 12.4. The molecule has 0 unspecified atom stereocenters. The van der Waals surface area contributed by atoms with Crippen molar-refractivity contribution in [3.8, 4) is 0 Å². The zero-order chi connectivity index (χ0) is 14.7. The van der Waals surface area contributed by atoms with Crippen LogP contribution in [0.4, 0.5) is 0 Å². The number of carbonyl (C=O) groups is 2. The molecule has 6 heteroatoms. The maximum Gasteiger partial charge on any atom is 0.306 e. The predicted octanol–water partition coefficient (Wildman–Crippen LogP) is 0.413. The van der Waals surface area contributed by atoms with E-state index in [1.165, 1.54) is 7.11 Å². The molecule has 0 bridgehead atoms. The highest BCUT2D eigenvalue weighted by molar-refractivity contribution is 5.78. The first-order valence-corrected chi connectivity index (χ1v) is 6.59. The number of methoxy groups -OCH3 is 1. The summed E-state index contributed by atoms with van der Waals surface area (Å²) in [6, 6.07) is 0. The molecule has 19 heavy (non-hydrogen) atoms. The highest BCUT2D eigenvalue weighted by Gasteiger charge is 2.08. The van der Waals surface area contributed by atoms with Crippen molar-refractivity contribution in [3.05, 3.63) is 0 Å². The summed E-state index contributed by atoms with van der Waals surface area (Å²) in [5, 5.41) is 2.81. The number of hydrogen-bond acceptors (Lipinski definition) is 5. The van der Waals surface area contributed by atoms with Gasteiger partial charge in [0.2, 0.25) is 5.91 Å². The Labute approximate surface area is 115 Å². The van der Waals surface area contributed by atoms with Crippen LogP contribution in [-0.4, -0.2) is 63.3 Å². The van der Waals surface area contributed by atoms with E-state index in [0.717, 1.165) is 6.42 Å². The lowest BCUT2D eigenvalue weighted by atomic mass is 10.3. The molecule has 0 aliphatic carbocycles. The lowest BCUT2D eigenvalue weighted by Crippen LogP contribution is -2.36. The molecule has 0 heterocycles. The van der Waals surface area contributed by atoms with Gasteiger partial charge in [-0.05, 0) is 27.3 Å². The van der Waals surface area contributed by atoms with Crippen molar-refractivity contribution < 1.29 is 19.1 Å². The molecule has 0 spiro atoms. The second-order valence-corrected chi connectivity index (χ2v) is 4.69. The van der Waals surface area contributed by atoms with Crippen LogP contribution in [0.5, 0.6) is 0 Å². The third-order valence-electron chi connectivity index (χ3n) is 2.43. The maximum absolute atomic E-state index is 11.6. The predicted molar refractivity (Wildman–Crippen MR) is 72.8 cm³/mol. The van der Waals surface area contributed by atoms with Crippen LogP contribution in [0.2, 0.25) is 0 Å². The van der Waals surface area contributed by atoms with Crippen molar-refractivity contribution in [2.45, 2.75) is 32.8 Å². The molecular formula is C13H26N2O4. The van der Waals surface area contributed by atoms with Crippen LogP contribution < -0.4 is 5.32 Å². The van der Waals surface area contributed by atoms with Gasteiger partial charge in [0.05, 0.1) is 26.2 Å². The molecule has 0 aromatic rings. The van der Waals surface area contributed by atoms with Gasteiger partial charge in [0.25, 0.3) is 0 Å². The van der Waals surface area contributed by atoms with Crippen LogP contribution in [0, 0.1) is 0 Å². The molecule has 0 aliphatic heterocycles. The normalized spacial score (nSPS) is 10.8. The SMILES string of the molecule is COC(=O)CCN(C)CC(=O)NCCCOC(C)C. The molecule has 1 N–H and O–H groups in total. The Morgan fingerprint density at radius 2 is 2.00 bits per heavy atom. The van der Waals surface area contributed by atoms with Crippen molar-refractivity contribution in [1.29, 1.82) is 0 Å². The number of carbonyl (C=O) groups excluding carboxylic acids is 2. The molecule has 6 nitrogen and oxygen atoms in total. The minimum Gasteiger partial charge on any atom is -0.469 e. The Hall–Kier alpha value is -1.14. The second-order valence-electron chi connectivity index (χ2n) is 4.69. The van der Waals surface area contributed by atoms with Crippen molar-refractivity contribution >= 4 is 11.9 Å². The summed E-state index contributed by atoms with van der Waals surface area (Å²) in [7, 11) is 3.15. The van der Waals surface area contributed by atoms with Gasteiger partial charge < -0.3 is 14.8 Å². The minimum atomic E-state index is -0.266. The number of nitrogens with zero attached hydrogens (tertiary/aromatic N) is 1. The number of likely N-dealkylation sites (N-methyl/N-ethyl adjacent to an activating group) is 1. The molecular weight excluding hydrogens is 248 g/mol. The molecule has 112 valence electrons. The van der Waals surface area contributed by atoms with E-state index in [1.807, 2.05) is 13.8 Å². The first-order valence-electron chi connectivity index (χ1n) is 6.59. The van der Waals surface area contributed by atoms with Crippen molar-refractivity contribution in [3.63, 3.8) is 0 Å². The average molecular weight is 274 g/mol. The second kappa shape index (κ2) is 10.8. The first kappa shape index (κ1) is 17.9. The third-order valence-corrected chi connectivity index (χ3v) is 2.43. The zero-order valence-corrected chi connectivity index (χ0v) is 12.4. The highest BCUT2D eigenvalue weighted by Crippen LogP contribution is 1.91. The van der Waals surface area contributed by atoms with Gasteiger partial charge in [-0.1, -0.05) is 0 Å². The Morgan fingerprint density at radius 3 is 2.58 bits per heavy atom. The minimum absolute atomic E-state index is 0.0445. The van der Waals surface area contributed by atoms with Crippen molar-refractivity contribution in [1.82, 2.24) is 10.2 Å². The van der Waals surface area contributed by atoms with E-state index < -0.39 is 0 Å². The van der Waals surface area contributed by atoms with Gasteiger partial charge in [-0.25, -0.2) is 0 Å². The van der Waals surface area contributed by atoms with E-state index in [-0.39, 0.29) is 24.5 Å². The fourth-order valence-electron chi connectivity index (χ4n) is 1.38. The topological polar surface area (TPSA) is 67.9 Å². The Morgan fingerprint density at radius 1 is 1.32 bits per heavy atom. The Bertz CT molecular complexity index is 269. The highest BCUT2D eigenvalue weighted by atomic mass is 16.5. The molecule has 0 aromatic heterocycles. The molecule has 0 rings (SSSR count). The summed E-state index contributed by atoms with van der Waals surface area (Å²) < 4.78 is 9.91. The quantitative estimate of drug-likeness (QED) is 0.462. The van der Waals surface area contributed by atoms with Gasteiger partial charge in [-0.3, -0.25) is 14.5 Å². The van der Waals surface area contributed by atoms with Crippen LogP contribution in [0.25, 0.3) is 0 Å². The molecule has 1 amide bonds. The molecule has 0 fully saturated rings. The maximum atomic E-state index is 11.6. The number of nitrogens with one attached hydrogen (secondary N) is 1. The van der Waals surface area contributed by atoms with Gasteiger partial charge in [0, 0.05) is 19.7 Å². The Balaban J connectivity index is 3.54. The number of rotatable bonds is 10. The molecule has 0 aliphatic rings. The van der Waals surface area contributed by atoms with Crippen LogP contribution in [0.1, 0.15) is 26.7 Å². The van der Waals surface area contributed by atoms with Crippen LogP contribution in [-0.2, 0) is 19.1 Å². The molecule has 0 atom stereocenters. The third kappa shape index (κ3) is 11.7. The number of amides is 1. The fraction of sp³-hybridized carbons (Fsp3) is 0.846. The van der Waals surface area contributed by atoms with Gasteiger partial charge in [-0.2, -0.15) is 0 Å². The first-order chi connectivity index (χ1) is 8.95. The smallest absolute Gasteiger partial charge is 0.306 e. The molecule has 0 radical (unpaired) electrons. The van der Waals surface area contributed by atoms with Gasteiger partial charge in [0.15, 0.2) is 0 Å². The van der Waals surface area contributed by atoms with E-state index in [2.05, 4.69) is 10.1 Å². The largest absolute Gasteiger partial charge is 0.469 e. The van der Waals surface area contributed by atoms with Crippen LogP contribution >= 0.6 is 0 Å². The van der Waals surface area contributed by atoms with Crippen molar-refractivity contribution in [2.75, 3.05) is 40.4 Å². The monoisotopic (exact) mass is 274 g/mol. The summed E-state index contributed by atoms with van der Waals surface area (Å²) in [5.41, 5.74) is 0. The van der Waals surface area contributed by atoms with Gasteiger partial charge >= 0.3 is 5.97 Å². The molecule has 0 saturated carbocycles. The van der Waals surface area contributed by atoms with E-state index >= 15 is 0 Å². The summed E-state index contributed by atoms with van der Waals surface area (Å²) in [5.74, 6) is -0.310. The summed E-state index contributed by atoms with van der Waals surface area (Å²) in [6.07, 6.45) is 1.32. The van der Waals surface area contributed by atoms with Crippen LogP contribution in [0.15, 0.2) is 0 Å².